The monoisotopic (exact) mass is 291 g/mol. The number of sulfone groups is 1. The standard InChI is InChI=1S/C16H21NO2S/c1-13(2)20(18,19)11-10-17-12-15-8-5-7-14-6-3-4-9-16(14)15/h3-9,13,17H,10-12H2,1-2H3. The molecule has 2 rings (SSSR count). The molecule has 0 saturated heterocycles. The third-order valence-corrected chi connectivity index (χ3v) is 5.69. The second kappa shape index (κ2) is 6.37. The van der Waals surface area contributed by atoms with Crippen LogP contribution in [0.2, 0.25) is 0 Å². The molecule has 2 aromatic carbocycles. The summed E-state index contributed by atoms with van der Waals surface area (Å²) in [4.78, 5) is 0. The fraction of sp³-hybridized carbons (Fsp3) is 0.375. The van der Waals surface area contributed by atoms with Crippen LogP contribution in [0, 0.1) is 0 Å². The fourth-order valence-electron chi connectivity index (χ4n) is 2.12. The summed E-state index contributed by atoms with van der Waals surface area (Å²) in [6.07, 6.45) is 0. The SMILES string of the molecule is CC(C)S(=O)(=O)CCNCc1cccc2ccccc12. The molecule has 0 amide bonds. The summed E-state index contributed by atoms with van der Waals surface area (Å²) in [5.41, 5.74) is 1.20. The van der Waals surface area contributed by atoms with Crippen molar-refractivity contribution in [1.82, 2.24) is 5.32 Å². The highest BCUT2D eigenvalue weighted by Gasteiger charge is 2.14. The molecule has 0 saturated carbocycles. The summed E-state index contributed by atoms with van der Waals surface area (Å²) in [5, 5.41) is 5.35. The quantitative estimate of drug-likeness (QED) is 0.832. The Morgan fingerprint density at radius 3 is 2.50 bits per heavy atom. The molecule has 2 aromatic rings. The Balaban J connectivity index is 1.97. The Labute approximate surface area is 120 Å². The van der Waals surface area contributed by atoms with E-state index in [4.69, 9.17) is 0 Å². The predicted octanol–water partition coefficient (Wildman–Crippen LogP) is 2.75. The van der Waals surface area contributed by atoms with E-state index in [1.54, 1.807) is 13.8 Å². The topological polar surface area (TPSA) is 46.2 Å². The zero-order valence-electron chi connectivity index (χ0n) is 12.0. The summed E-state index contributed by atoms with van der Waals surface area (Å²) in [6.45, 7) is 4.62. The molecular weight excluding hydrogens is 270 g/mol. The maximum absolute atomic E-state index is 11.7. The molecule has 0 bridgehead atoms. The zero-order chi connectivity index (χ0) is 14.6. The highest BCUT2D eigenvalue weighted by molar-refractivity contribution is 7.92. The van der Waals surface area contributed by atoms with Gasteiger partial charge in [-0.15, -0.1) is 0 Å². The largest absolute Gasteiger partial charge is 0.312 e. The van der Waals surface area contributed by atoms with Crippen molar-refractivity contribution in [3.63, 3.8) is 0 Å². The number of hydrogen-bond donors (Lipinski definition) is 1. The molecule has 0 spiro atoms. The van der Waals surface area contributed by atoms with Crippen molar-refractivity contribution < 1.29 is 8.42 Å². The van der Waals surface area contributed by atoms with E-state index in [9.17, 15) is 8.42 Å². The Bertz CT molecular complexity index is 672. The lowest BCUT2D eigenvalue weighted by atomic mass is 10.0. The van der Waals surface area contributed by atoms with Crippen LogP contribution in [-0.4, -0.2) is 26.0 Å². The predicted molar refractivity (Wildman–Crippen MR) is 84.6 cm³/mol. The first-order valence-corrected chi connectivity index (χ1v) is 8.61. The van der Waals surface area contributed by atoms with Crippen molar-refractivity contribution in [2.75, 3.05) is 12.3 Å². The Morgan fingerprint density at radius 2 is 1.75 bits per heavy atom. The Morgan fingerprint density at radius 1 is 1.05 bits per heavy atom. The molecule has 1 N–H and O–H groups in total. The molecule has 20 heavy (non-hydrogen) atoms. The van der Waals surface area contributed by atoms with Crippen LogP contribution in [0.25, 0.3) is 10.8 Å². The van der Waals surface area contributed by atoms with E-state index in [1.165, 1.54) is 16.3 Å². The van der Waals surface area contributed by atoms with E-state index in [0.717, 1.165) is 0 Å². The van der Waals surface area contributed by atoms with Gasteiger partial charge in [0.15, 0.2) is 9.84 Å². The summed E-state index contributed by atoms with van der Waals surface area (Å²) in [7, 11) is -2.96. The number of hydrogen-bond acceptors (Lipinski definition) is 3. The van der Waals surface area contributed by atoms with Crippen molar-refractivity contribution in [1.29, 1.82) is 0 Å². The highest BCUT2D eigenvalue weighted by Crippen LogP contribution is 2.18. The van der Waals surface area contributed by atoms with Gasteiger partial charge in [-0.2, -0.15) is 0 Å². The third kappa shape index (κ3) is 3.58. The van der Waals surface area contributed by atoms with Gasteiger partial charge in [-0.3, -0.25) is 0 Å². The maximum Gasteiger partial charge on any atom is 0.153 e. The van der Waals surface area contributed by atoms with Gasteiger partial charge in [-0.25, -0.2) is 8.42 Å². The number of rotatable bonds is 6. The molecule has 0 unspecified atom stereocenters. The van der Waals surface area contributed by atoms with Gasteiger partial charge in [-0.05, 0) is 30.2 Å². The fourth-order valence-corrected chi connectivity index (χ4v) is 3.02. The van der Waals surface area contributed by atoms with Gasteiger partial charge in [0.05, 0.1) is 11.0 Å². The second-order valence-corrected chi connectivity index (χ2v) is 7.91. The maximum atomic E-state index is 11.7. The molecule has 4 heteroatoms. The van der Waals surface area contributed by atoms with Crippen molar-refractivity contribution >= 4 is 20.6 Å². The number of fused-ring (bicyclic) bond motifs is 1. The van der Waals surface area contributed by atoms with Crippen LogP contribution in [-0.2, 0) is 16.4 Å². The summed E-state index contributed by atoms with van der Waals surface area (Å²) < 4.78 is 23.4. The van der Waals surface area contributed by atoms with Crippen LogP contribution in [0.4, 0.5) is 0 Å². The number of nitrogens with one attached hydrogen (secondary N) is 1. The van der Waals surface area contributed by atoms with Crippen molar-refractivity contribution in [2.24, 2.45) is 0 Å². The van der Waals surface area contributed by atoms with E-state index in [-0.39, 0.29) is 11.0 Å². The Kier molecular flexibility index (Phi) is 4.78. The first-order chi connectivity index (χ1) is 9.50. The summed E-state index contributed by atoms with van der Waals surface area (Å²) in [6, 6.07) is 14.4. The minimum atomic E-state index is -2.96. The second-order valence-electron chi connectivity index (χ2n) is 5.23. The smallest absolute Gasteiger partial charge is 0.153 e. The van der Waals surface area contributed by atoms with E-state index in [2.05, 4.69) is 29.6 Å². The molecule has 0 radical (unpaired) electrons. The molecule has 0 atom stereocenters. The lowest BCUT2D eigenvalue weighted by Gasteiger charge is -2.10. The van der Waals surface area contributed by atoms with Crippen molar-refractivity contribution in [3.8, 4) is 0 Å². The Hall–Kier alpha value is -1.39. The van der Waals surface area contributed by atoms with Gasteiger partial charge in [0, 0.05) is 13.1 Å². The summed E-state index contributed by atoms with van der Waals surface area (Å²) in [5.74, 6) is 0.190. The molecule has 0 aliphatic rings. The molecule has 0 heterocycles. The van der Waals surface area contributed by atoms with E-state index < -0.39 is 9.84 Å². The van der Waals surface area contributed by atoms with Gasteiger partial charge in [0.1, 0.15) is 0 Å². The van der Waals surface area contributed by atoms with Gasteiger partial charge >= 0.3 is 0 Å². The van der Waals surface area contributed by atoms with Crippen LogP contribution < -0.4 is 5.32 Å². The normalized spacial score (nSPS) is 12.2. The zero-order valence-corrected chi connectivity index (χ0v) is 12.8. The molecule has 0 aliphatic heterocycles. The van der Waals surface area contributed by atoms with Gasteiger partial charge < -0.3 is 5.32 Å². The molecule has 0 aliphatic carbocycles. The van der Waals surface area contributed by atoms with Gasteiger partial charge in [0.25, 0.3) is 0 Å². The number of benzene rings is 2. The first-order valence-electron chi connectivity index (χ1n) is 6.89. The van der Waals surface area contributed by atoms with Gasteiger partial charge in [-0.1, -0.05) is 42.5 Å². The molecule has 108 valence electrons. The van der Waals surface area contributed by atoms with Crippen molar-refractivity contribution in [3.05, 3.63) is 48.0 Å². The van der Waals surface area contributed by atoms with Crippen molar-refractivity contribution in [2.45, 2.75) is 25.6 Å². The van der Waals surface area contributed by atoms with Crippen LogP contribution in [0.3, 0.4) is 0 Å². The van der Waals surface area contributed by atoms with E-state index >= 15 is 0 Å². The molecule has 3 nitrogen and oxygen atoms in total. The average molecular weight is 291 g/mol. The molecule has 0 fully saturated rings. The molecule has 0 aromatic heterocycles. The van der Waals surface area contributed by atoms with E-state index in [1.807, 2.05) is 18.2 Å². The average Bonchev–Trinajstić information content (AvgIpc) is 2.43. The van der Waals surface area contributed by atoms with Crippen LogP contribution >= 0.6 is 0 Å². The van der Waals surface area contributed by atoms with Crippen LogP contribution in [0.5, 0.6) is 0 Å². The minimum absolute atomic E-state index is 0.190. The minimum Gasteiger partial charge on any atom is -0.312 e. The highest BCUT2D eigenvalue weighted by atomic mass is 32.2. The lowest BCUT2D eigenvalue weighted by molar-refractivity contribution is 0.582. The lowest BCUT2D eigenvalue weighted by Crippen LogP contribution is -2.27. The first kappa shape index (κ1) is 15.0. The third-order valence-electron chi connectivity index (χ3n) is 3.48. The van der Waals surface area contributed by atoms with E-state index in [0.29, 0.717) is 13.1 Å². The van der Waals surface area contributed by atoms with Crippen LogP contribution in [0.15, 0.2) is 42.5 Å². The van der Waals surface area contributed by atoms with Crippen LogP contribution in [0.1, 0.15) is 19.4 Å². The van der Waals surface area contributed by atoms with Gasteiger partial charge in [0.2, 0.25) is 0 Å². The molecular formula is C16H21NO2S. The summed E-state index contributed by atoms with van der Waals surface area (Å²) >= 11 is 0.